The van der Waals surface area contributed by atoms with E-state index >= 15 is 0 Å². The second kappa shape index (κ2) is 7.80. The van der Waals surface area contributed by atoms with Gasteiger partial charge in [0.15, 0.2) is 0 Å². The summed E-state index contributed by atoms with van der Waals surface area (Å²) >= 11 is 6.37. The molecule has 0 amide bonds. The predicted octanol–water partition coefficient (Wildman–Crippen LogP) is 3.32. The van der Waals surface area contributed by atoms with Crippen molar-refractivity contribution in [3.63, 3.8) is 0 Å². The first-order chi connectivity index (χ1) is 10.6. The van der Waals surface area contributed by atoms with Crippen LogP contribution >= 0.6 is 11.6 Å². The molecule has 1 aliphatic heterocycles. The van der Waals surface area contributed by atoms with Crippen LogP contribution in [-0.4, -0.2) is 25.2 Å². The summed E-state index contributed by atoms with van der Waals surface area (Å²) in [6.45, 7) is 3.98. The first-order valence-electron chi connectivity index (χ1n) is 7.02. The van der Waals surface area contributed by atoms with E-state index < -0.39 is 5.97 Å². The molecule has 1 fully saturated rings. The van der Waals surface area contributed by atoms with Gasteiger partial charge < -0.3 is 9.47 Å². The molecule has 1 unspecified atom stereocenters. The van der Waals surface area contributed by atoms with Gasteiger partial charge in [-0.05, 0) is 18.4 Å². The topological polar surface area (TPSA) is 52.6 Å². The number of ether oxygens (including phenoxy) is 2. The number of hydrogen-bond donors (Lipinski definition) is 0. The summed E-state index contributed by atoms with van der Waals surface area (Å²) in [5.74, 6) is -1.19. The van der Waals surface area contributed by atoms with E-state index in [1.54, 1.807) is 12.1 Å². The number of esters is 2. The van der Waals surface area contributed by atoms with Gasteiger partial charge >= 0.3 is 11.9 Å². The van der Waals surface area contributed by atoms with Crippen LogP contribution in [0.2, 0.25) is 0 Å². The van der Waals surface area contributed by atoms with Crippen LogP contribution in [0.25, 0.3) is 5.03 Å². The SMILES string of the molecule is C=CCOC(=O)/C(CC1CCOC1=O)=C(\Cl)c1ccccc1. The van der Waals surface area contributed by atoms with E-state index in [1.807, 2.05) is 18.2 Å². The van der Waals surface area contributed by atoms with Gasteiger partial charge in [-0.25, -0.2) is 4.79 Å². The number of carbonyl (C=O) groups is 2. The molecule has 1 aromatic carbocycles. The molecule has 116 valence electrons. The second-order valence-electron chi connectivity index (χ2n) is 4.90. The largest absolute Gasteiger partial charge is 0.465 e. The molecule has 1 saturated heterocycles. The minimum Gasteiger partial charge on any atom is -0.465 e. The minimum atomic E-state index is -0.534. The van der Waals surface area contributed by atoms with Crippen molar-refractivity contribution >= 4 is 28.6 Å². The monoisotopic (exact) mass is 320 g/mol. The van der Waals surface area contributed by atoms with Gasteiger partial charge in [-0.1, -0.05) is 54.6 Å². The van der Waals surface area contributed by atoms with E-state index in [0.29, 0.717) is 29.2 Å². The van der Waals surface area contributed by atoms with Crippen LogP contribution in [0.5, 0.6) is 0 Å². The highest BCUT2D eigenvalue weighted by atomic mass is 35.5. The summed E-state index contributed by atoms with van der Waals surface area (Å²) in [5, 5.41) is 0.300. The number of carbonyl (C=O) groups excluding carboxylic acids is 2. The Morgan fingerprint density at radius 3 is 2.73 bits per heavy atom. The van der Waals surface area contributed by atoms with Gasteiger partial charge in [0.05, 0.1) is 23.1 Å². The molecule has 22 heavy (non-hydrogen) atoms. The van der Waals surface area contributed by atoms with E-state index in [4.69, 9.17) is 21.1 Å². The summed E-state index contributed by atoms with van der Waals surface area (Å²) in [4.78, 5) is 23.9. The van der Waals surface area contributed by atoms with E-state index in [1.165, 1.54) is 6.08 Å². The quantitative estimate of drug-likeness (QED) is 0.458. The zero-order valence-electron chi connectivity index (χ0n) is 12.1. The van der Waals surface area contributed by atoms with Gasteiger partial charge in [0.1, 0.15) is 6.61 Å². The fraction of sp³-hybridized carbons (Fsp3) is 0.294. The Morgan fingerprint density at radius 1 is 1.41 bits per heavy atom. The number of hydrogen-bond acceptors (Lipinski definition) is 4. The Kier molecular flexibility index (Phi) is 5.78. The van der Waals surface area contributed by atoms with Crippen LogP contribution in [0.1, 0.15) is 18.4 Å². The molecule has 0 radical (unpaired) electrons. The summed E-state index contributed by atoms with van der Waals surface area (Å²) in [5.41, 5.74) is 1.000. The van der Waals surface area contributed by atoms with Gasteiger partial charge in [0.25, 0.3) is 0 Å². The molecule has 0 aliphatic carbocycles. The Hall–Kier alpha value is -2.07. The molecule has 2 rings (SSSR count). The number of cyclic esters (lactones) is 1. The molecule has 1 aliphatic rings. The minimum absolute atomic E-state index is 0.0937. The Labute approximate surface area is 134 Å². The lowest BCUT2D eigenvalue weighted by Gasteiger charge is -2.12. The molecular weight excluding hydrogens is 304 g/mol. The van der Waals surface area contributed by atoms with Crippen molar-refractivity contribution < 1.29 is 19.1 Å². The van der Waals surface area contributed by atoms with Crippen LogP contribution in [0, 0.1) is 5.92 Å². The highest BCUT2D eigenvalue weighted by Gasteiger charge is 2.31. The van der Waals surface area contributed by atoms with E-state index in [-0.39, 0.29) is 24.9 Å². The smallest absolute Gasteiger partial charge is 0.335 e. The summed E-state index contributed by atoms with van der Waals surface area (Å²) in [7, 11) is 0. The maximum Gasteiger partial charge on any atom is 0.335 e. The van der Waals surface area contributed by atoms with Gasteiger partial charge in [0, 0.05) is 0 Å². The van der Waals surface area contributed by atoms with E-state index in [9.17, 15) is 9.59 Å². The molecule has 4 nitrogen and oxygen atoms in total. The van der Waals surface area contributed by atoms with Crippen molar-refractivity contribution in [1.29, 1.82) is 0 Å². The molecule has 0 spiro atoms. The second-order valence-corrected chi connectivity index (χ2v) is 5.28. The molecule has 0 bridgehead atoms. The molecule has 0 aromatic heterocycles. The maximum absolute atomic E-state index is 12.2. The fourth-order valence-corrected chi connectivity index (χ4v) is 2.49. The van der Waals surface area contributed by atoms with E-state index in [2.05, 4.69) is 6.58 Å². The van der Waals surface area contributed by atoms with Crippen molar-refractivity contribution in [2.45, 2.75) is 12.8 Å². The summed E-state index contributed by atoms with van der Waals surface area (Å²) in [6, 6.07) is 9.12. The molecule has 5 heteroatoms. The van der Waals surface area contributed by atoms with Gasteiger partial charge in [-0.15, -0.1) is 0 Å². The third-order valence-corrected chi connectivity index (χ3v) is 3.81. The average Bonchev–Trinajstić information content (AvgIpc) is 2.95. The van der Waals surface area contributed by atoms with Crippen molar-refractivity contribution in [1.82, 2.24) is 0 Å². The van der Waals surface area contributed by atoms with Gasteiger partial charge in [-0.2, -0.15) is 0 Å². The predicted molar refractivity (Wildman–Crippen MR) is 84.1 cm³/mol. The number of halogens is 1. The highest BCUT2D eigenvalue weighted by molar-refractivity contribution is 6.50. The normalized spacial score (nSPS) is 18.4. The Bertz CT molecular complexity index is 592. The van der Waals surface area contributed by atoms with Crippen LogP contribution in [-0.2, 0) is 19.1 Å². The van der Waals surface area contributed by atoms with Crippen LogP contribution in [0.4, 0.5) is 0 Å². The zero-order valence-corrected chi connectivity index (χ0v) is 12.8. The number of rotatable bonds is 6. The van der Waals surface area contributed by atoms with Crippen molar-refractivity contribution in [2.24, 2.45) is 5.92 Å². The molecule has 0 N–H and O–H groups in total. The average molecular weight is 321 g/mol. The third kappa shape index (κ3) is 3.98. The first kappa shape index (κ1) is 16.3. The van der Waals surface area contributed by atoms with Crippen molar-refractivity contribution in [3.8, 4) is 0 Å². The highest BCUT2D eigenvalue weighted by Crippen LogP contribution is 2.31. The van der Waals surface area contributed by atoms with Crippen LogP contribution in [0.3, 0.4) is 0 Å². The Morgan fingerprint density at radius 2 is 2.14 bits per heavy atom. The lowest BCUT2D eigenvalue weighted by molar-refractivity contribution is -0.141. The standard InChI is InChI=1S/C17H17ClO4/c1-2-9-21-17(20)14(11-13-8-10-22-16(13)19)15(18)12-6-4-3-5-7-12/h2-7,13H,1,8-11H2/b15-14-. The Balaban J connectivity index is 2.29. The van der Waals surface area contributed by atoms with Crippen LogP contribution < -0.4 is 0 Å². The zero-order chi connectivity index (χ0) is 15.9. The van der Waals surface area contributed by atoms with Crippen molar-refractivity contribution in [3.05, 3.63) is 54.1 Å². The van der Waals surface area contributed by atoms with Crippen LogP contribution in [0.15, 0.2) is 48.6 Å². The fourth-order valence-electron chi connectivity index (χ4n) is 2.21. The van der Waals surface area contributed by atoms with E-state index in [0.717, 1.165) is 0 Å². The lowest BCUT2D eigenvalue weighted by atomic mass is 9.96. The molecule has 1 heterocycles. The lowest BCUT2D eigenvalue weighted by Crippen LogP contribution is -2.16. The molecule has 0 saturated carbocycles. The third-order valence-electron chi connectivity index (χ3n) is 3.37. The molecular formula is C17H17ClO4. The number of benzene rings is 1. The molecule has 1 atom stereocenters. The van der Waals surface area contributed by atoms with Gasteiger partial charge in [-0.3, -0.25) is 4.79 Å². The van der Waals surface area contributed by atoms with Crippen molar-refractivity contribution in [2.75, 3.05) is 13.2 Å². The first-order valence-corrected chi connectivity index (χ1v) is 7.40. The summed E-state index contributed by atoms with van der Waals surface area (Å²) in [6.07, 6.45) is 2.27. The van der Waals surface area contributed by atoms with Gasteiger partial charge in [0.2, 0.25) is 0 Å². The molecule has 1 aromatic rings. The maximum atomic E-state index is 12.2. The summed E-state index contributed by atoms with van der Waals surface area (Å²) < 4.78 is 10.0.